The number of hydrogen-bond acceptors (Lipinski definition) is 5. The smallest absolute Gasteiger partial charge is 0.250 e. The predicted octanol–water partition coefficient (Wildman–Crippen LogP) is 5.96. The van der Waals surface area contributed by atoms with E-state index in [4.69, 9.17) is 15.6 Å². The lowest BCUT2D eigenvalue weighted by atomic mass is 10.1. The number of hydrogen-bond donors (Lipinski definition) is 3. The van der Waals surface area contributed by atoms with Gasteiger partial charge in [0.05, 0.1) is 5.69 Å². The Hall–Kier alpha value is -3.75. The summed E-state index contributed by atoms with van der Waals surface area (Å²) in [4.78, 5) is 34.2. The second-order valence-electron chi connectivity index (χ2n) is 7.17. The number of rotatable bonds is 9. The molecule has 0 bridgehead atoms. The molecule has 0 radical (unpaired) electrons. The van der Waals surface area contributed by atoms with E-state index < -0.39 is 5.91 Å². The molecular formula is C31H47N3O5. The van der Waals surface area contributed by atoms with Crippen molar-refractivity contribution in [3.63, 3.8) is 0 Å². The molecule has 4 N–H and O–H groups in total. The fourth-order valence-corrected chi connectivity index (χ4v) is 3.50. The number of benzene rings is 2. The number of aryl methyl sites for hydroxylation is 2. The second-order valence-corrected chi connectivity index (χ2v) is 7.17. The molecule has 0 saturated heterocycles. The van der Waals surface area contributed by atoms with Crippen molar-refractivity contribution in [1.82, 2.24) is 4.57 Å². The lowest BCUT2D eigenvalue weighted by Gasteiger charge is -2.17. The fourth-order valence-electron chi connectivity index (χ4n) is 3.50. The molecule has 0 atom stereocenters. The Kier molecular flexibility index (Phi) is 21.3. The van der Waals surface area contributed by atoms with Crippen LogP contribution in [-0.2, 0) is 20.7 Å². The SMILES string of the molecule is CC.CC.CC.CO.COCC(=O)Nc1ccc(-c2ccc(CCC=O)n2-c2ccc(C(N)=O)cc2C)cc1. The van der Waals surface area contributed by atoms with E-state index >= 15 is 0 Å². The monoisotopic (exact) mass is 541 g/mol. The summed E-state index contributed by atoms with van der Waals surface area (Å²) >= 11 is 0. The Balaban J connectivity index is 0. The third-order valence-electron chi connectivity index (χ3n) is 4.94. The van der Waals surface area contributed by atoms with Crippen molar-refractivity contribution in [3.8, 4) is 16.9 Å². The Bertz CT molecular complexity index is 1110. The molecule has 0 saturated carbocycles. The number of nitrogens with zero attached hydrogens (tertiary/aromatic N) is 1. The van der Waals surface area contributed by atoms with Crippen molar-refractivity contribution in [3.05, 3.63) is 71.4 Å². The van der Waals surface area contributed by atoms with Crippen LogP contribution in [0.15, 0.2) is 54.6 Å². The summed E-state index contributed by atoms with van der Waals surface area (Å²) in [7, 11) is 2.47. The highest BCUT2D eigenvalue weighted by Crippen LogP contribution is 2.30. The van der Waals surface area contributed by atoms with E-state index in [1.54, 1.807) is 12.1 Å². The van der Waals surface area contributed by atoms with Crippen molar-refractivity contribution in [1.29, 1.82) is 0 Å². The molecule has 2 amide bonds. The number of carbonyl (C=O) groups excluding carboxylic acids is 3. The number of methoxy groups -OCH3 is 1. The lowest BCUT2D eigenvalue weighted by Crippen LogP contribution is -2.16. The van der Waals surface area contributed by atoms with Crippen LogP contribution >= 0.6 is 0 Å². The van der Waals surface area contributed by atoms with Crippen molar-refractivity contribution in [2.24, 2.45) is 5.73 Å². The highest BCUT2D eigenvalue weighted by atomic mass is 16.5. The van der Waals surface area contributed by atoms with Gasteiger partial charge in [-0.1, -0.05) is 53.7 Å². The molecule has 0 unspecified atom stereocenters. The average Bonchev–Trinajstić information content (AvgIpc) is 3.40. The molecule has 0 spiro atoms. The van der Waals surface area contributed by atoms with Crippen LogP contribution in [0.5, 0.6) is 0 Å². The minimum atomic E-state index is -0.477. The van der Waals surface area contributed by atoms with Crippen LogP contribution in [0.1, 0.15) is 69.6 Å². The number of aldehydes is 1. The topological polar surface area (TPSA) is 124 Å². The number of primary amides is 1. The van der Waals surface area contributed by atoms with Crippen LogP contribution in [0.4, 0.5) is 5.69 Å². The molecule has 2 aromatic carbocycles. The minimum Gasteiger partial charge on any atom is -0.400 e. The second kappa shape index (κ2) is 22.3. The summed E-state index contributed by atoms with van der Waals surface area (Å²) in [5.74, 6) is -0.699. The molecule has 1 heterocycles. The molecule has 0 aliphatic heterocycles. The van der Waals surface area contributed by atoms with Crippen LogP contribution in [0, 0.1) is 6.92 Å². The molecule has 8 heteroatoms. The van der Waals surface area contributed by atoms with Crippen LogP contribution < -0.4 is 11.1 Å². The first-order valence-electron chi connectivity index (χ1n) is 13.3. The van der Waals surface area contributed by atoms with E-state index in [-0.39, 0.29) is 12.5 Å². The lowest BCUT2D eigenvalue weighted by molar-refractivity contribution is -0.119. The molecule has 39 heavy (non-hydrogen) atoms. The van der Waals surface area contributed by atoms with E-state index in [2.05, 4.69) is 9.88 Å². The van der Waals surface area contributed by atoms with Crippen LogP contribution in [0.25, 0.3) is 16.9 Å². The van der Waals surface area contributed by atoms with Crippen molar-refractivity contribution in [2.75, 3.05) is 26.1 Å². The van der Waals surface area contributed by atoms with Gasteiger partial charge in [0.15, 0.2) is 0 Å². The van der Waals surface area contributed by atoms with E-state index in [0.29, 0.717) is 24.1 Å². The molecule has 1 aromatic heterocycles. The van der Waals surface area contributed by atoms with E-state index in [1.807, 2.05) is 90.9 Å². The van der Waals surface area contributed by atoms with E-state index in [9.17, 15) is 14.4 Å². The van der Waals surface area contributed by atoms with E-state index in [0.717, 1.165) is 41.6 Å². The maximum absolute atomic E-state index is 11.7. The first-order valence-corrected chi connectivity index (χ1v) is 13.3. The van der Waals surface area contributed by atoms with Gasteiger partial charge in [-0.3, -0.25) is 9.59 Å². The van der Waals surface area contributed by atoms with Gasteiger partial charge in [-0.2, -0.15) is 0 Å². The number of ether oxygens (including phenoxy) is 1. The third-order valence-corrected chi connectivity index (χ3v) is 4.94. The summed E-state index contributed by atoms with van der Waals surface area (Å²) in [6.45, 7) is 13.9. The Morgan fingerprint density at radius 2 is 1.54 bits per heavy atom. The molecule has 216 valence electrons. The largest absolute Gasteiger partial charge is 0.400 e. The summed E-state index contributed by atoms with van der Waals surface area (Å²) in [5.41, 5.74) is 11.2. The molecule has 0 aliphatic carbocycles. The quantitative estimate of drug-likeness (QED) is 0.289. The van der Waals surface area contributed by atoms with Gasteiger partial charge in [-0.15, -0.1) is 0 Å². The molecule has 0 fully saturated rings. The number of anilines is 1. The number of amides is 2. The minimum absolute atomic E-state index is 0.00866. The predicted molar refractivity (Wildman–Crippen MR) is 162 cm³/mol. The average molecular weight is 542 g/mol. The fraction of sp³-hybridized carbons (Fsp3) is 0.387. The standard InChI is InChI=1S/C24H25N3O4.3C2H6.CH4O/c1-16-14-18(24(25)30)7-11-21(16)27-20(4-3-13-28)10-12-22(27)17-5-8-19(9-6-17)26-23(29)15-31-2;4*1-2/h5-14H,3-4,15H2,1-2H3,(H2,25,30)(H,26,29);3*1-2H3;2H,1H3. The van der Waals surface area contributed by atoms with Crippen LogP contribution in [-0.4, -0.2) is 48.6 Å². The van der Waals surface area contributed by atoms with Gasteiger partial charge in [0.25, 0.3) is 0 Å². The number of aliphatic hydroxyl groups excluding tert-OH is 1. The summed E-state index contributed by atoms with van der Waals surface area (Å²) in [6, 6.07) is 16.8. The van der Waals surface area contributed by atoms with Gasteiger partial charge in [-0.05, 0) is 66.9 Å². The number of aliphatic hydroxyl groups is 1. The Morgan fingerprint density at radius 3 is 2.03 bits per heavy atom. The van der Waals surface area contributed by atoms with Crippen molar-refractivity contribution in [2.45, 2.75) is 61.3 Å². The van der Waals surface area contributed by atoms with Gasteiger partial charge in [-0.25, -0.2) is 0 Å². The maximum Gasteiger partial charge on any atom is 0.250 e. The van der Waals surface area contributed by atoms with Gasteiger partial charge in [0.2, 0.25) is 11.8 Å². The maximum atomic E-state index is 11.7. The normalized spacial score (nSPS) is 9.08. The molecule has 3 aromatic rings. The van der Waals surface area contributed by atoms with Gasteiger partial charge in [0.1, 0.15) is 12.9 Å². The summed E-state index contributed by atoms with van der Waals surface area (Å²) in [5, 5.41) is 9.77. The summed E-state index contributed by atoms with van der Waals surface area (Å²) in [6.07, 6.45) is 1.90. The number of aromatic nitrogens is 1. The number of nitrogens with one attached hydrogen (secondary N) is 1. The first kappa shape index (κ1) is 37.4. The molecule has 0 aliphatic rings. The Labute approximate surface area is 234 Å². The van der Waals surface area contributed by atoms with Crippen molar-refractivity contribution < 1.29 is 24.2 Å². The highest BCUT2D eigenvalue weighted by Gasteiger charge is 2.15. The zero-order valence-electron chi connectivity index (χ0n) is 25.0. The molecular weight excluding hydrogens is 494 g/mol. The van der Waals surface area contributed by atoms with Crippen LogP contribution in [0.3, 0.4) is 0 Å². The van der Waals surface area contributed by atoms with E-state index in [1.165, 1.54) is 7.11 Å². The molecule has 8 nitrogen and oxygen atoms in total. The first-order chi connectivity index (χ1) is 18.9. The molecule has 3 rings (SSSR count). The zero-order chi connectivity index (χ0) is 30.4. The number of carbonyl (C=O) groups is 3. The third kappa shape index (κ3) is 11.7. The zero-order valence-corrected chi connectivity index (χ0v) is 25.0. The number of nitrogens with two attached hydrogens (primary N) is 1. The van der Waals surface area contributed by atoms with Gasteiger partial charge >= 0.3 is 0 Å². The van der Waals surface area contributed by atoms with Gasteiger partial charge < -0.3 is 30.3 Å². The van der Waals surface area contributed by atoms with Crippen LogP contribution in [0.2, 0.25) is 0 Å². The van der Waals surface area contributed by atoms with Gasteiger partial charge in [0, 0.05) is 43.3 Å². The van der Waals surface area contributed by atoms with Crippen molar-refractivity contribution >= 4 is 23.8 Å². The summed E-state index contributed by atoms with van der Waals surface area (Å²) < 4.78 is 6.92. The Morgan fingerprint density at radius 1 is 0.949 bits per heavy atom. The highest BCUT2D eigenvalue weighted by molar-refractivity contribution is 5.93.